The number of anilines is 1. The Bertz CT molecular complexity index is 482. The Kier molecular flexibility index (Phi) is 4.03. The van der Waals surface area contributed by atoms with E-state index in [0.29, 0.717) is 6.04 Å². The zero-order valence-electron chi connectivity index (χ0n) is 11.4. The summed E-state index contributed by atoms with van der Waals surface area (Å²) < 4.78 is 0. The summed E-state index contributed by atoms with van der Waals surface area (Å²) in [5.74, 6) is 0. The highest BCUT2D eigenvalue weighted by atomic mass is 14.9. The molecule has 0 spiro atoms. The molecule has 0 amide bonds. The van der Waals surface area contributed by atoms with Crippen molar-refractivity contribution in [2.45, 2.75) is 33.2 Å². The first-order valence-corrected chi connectivity index (χ1v) is 6.61. The average Bonchev–Trinajstić information content (AvgIpc) is 2.41. The van der Waals surface area contributed by atoms with Crippen molar-refractivity contribution >= 4 is 5.69 Å². The number of hydrogen-bond acceptors (Lipinski definition) is 1. The molecule has 0 saturated carbocycles. The van der Waals surface area contributed by atoms with E-state index in [1.807, 2.05) is 0 Å². The van der Waals surface area contributed by atoms with Crippen LogP contribution in [0.2, 0.25) is 0 Å². The van der Waals surface area contributed by atoms with Crippen LogP contribution in [0.3, 0.4) is 0 Å². The van der Waals surface area contributed by atoms with Crippen LogP contribution in [0.4, 0.5) is 5.69 Å². The Morgan fingerprint density at radius 2 is 1.56 bits per heavy atom. The highest BCUT2D eigenvalue weighted by Crippen LogP contribution is 2.20. The third kappa shape index (κ3) is 3.13. The topological polar surface area (TPSA) is 12.0 Å². The molecule has 18 heavy (non-hydrogen) atoms. The molecule has 0 saturated heterocycles. The Labute approximate surface area is 110 Å². The number of rotatable bonds is 4. The van der Waals surface area contributed by atoms with Gasteiger partial charge in [0.05, 0.1) is 0 Å². The SMILES string of the molecule is CCc1ccc(C(C)Nc2ccc(C)cc2)cc1. The molecule has 1 heteroatoms. The summed E-state index contributed by atoms with van der Waals surface area (Å²) in [7, 11) is 0. The third-order valence-electron chi connectivity index (χ3n) is 3.32. The molecule has 0 fully saturated rings. The zero-order valence-corrected chi connectivity index (χ0v) is 11.4. The normalized spacial score (nSPS) is 12.2. The molecule has 2 aromatic rings. The van der Waals surface area contributed by atoms with Gasteiger partial charge >= 0.3 is 0 Å². The quantitative estimate of drug-likeness (QED) is 0.813. The van der Waals surface area contributed by atoms with E-state index in [1.165, 1.54) is 22.4 Å². The van der Waals surface area contributed by atoms with Crippen molar-refractivity contribution in [2.24, 2.45) is 0 Å². The Morgan fingerprint density at radius 3 is 2.11 bits per heavy atom. The zero-order chi connectivity index (χ0) is 13.0. The Balaban J connectivity index is 2.06. The van der Waals surface area contributed by atoms with Gasteiger partial charge in [0.2, 0.25) is 0 Å². The first-order chi connectivity index (χ1) is 8.69. The average molecular weight is 239 g/mol. The predicted molar refractivity (Wildman–Crippen MR) is 79.0 cm³/mol. The predicted octanol–water partition coefficient (Wildman–Crippen LogP) is 4.73. The molecule has 94 valence electrons. The summed E-state index contributed by atoms with van der Waals surface area (Å²) in [6.07, 6.45) is 1.10. The van der Waals surface area contributed by atoms with Crippen molar-refractivity contribution in [3.8, 4) is 0 Å². The smallest absolute Gasteiger partial charge is 0.0485 e. The van der Waals surface area contributed by atoms with Crippen molar-refractivity contribution in [3.63, 3.8) is 0 Å². The second-order valence-corrected chi connectivity index (χ2v) is 4.83. The van der Waals surface area contributed by atoms with Crippen molar-refractivity contribution in [2.75, 3.05) is 5.32 Å². The molecule has 1 nitrogen and oxygen atoms in total. The highest BCUT2D eigenvalue weighted by molar-refractivity contribution is 5.46. The summed E-state index contributed by atoms with van der Waals surface area (Å²) in [6, 6.07) is 17.7. The largest absolute Gasteiger partial charge is 0.379 e. The lowest BCUT2D eigenvalue weighted by Gasteiger charge is -2.16. The minimum absolute atomic E-state index is 0.332. The van der Waals surface area contributed by atoms with Crippen molar-refractivity contribution in [3.05, 3.63) is 65.2 Å². The van der Waals surface area contributed by atoms with Crippen molar-refractivity contribution in [1.29, 1.82) is 0 Å². The molecule has 1 atom stereocenters. The molecule has 2 rings (SSSR count). The molecule has 0 aliphatic carbocycles. The molecular weight excluding hydrogens is 218 g/mol. The molecular formula is C17H21N. The summed E-state index contributed by atoms with van der Waals surface area (Å²) in [6.45, 7) is 6.49. The van der Waals surface area contributed by atoms with Crippen LogP contribution in [-0.4, -0.2) is 0 Å². The van der Waals surface area contributed by atoms with Gasteiger partial charge < -0.3 is 5.32 Å². The van der Waals surface area contributed by atoms with Crippen LogP contribution in [0.15, 0.2) is 48.5 Å². The van der Waals surface area contributed by atoms with Crippen LogP contribution >= 0.6 is 0 Å². The van der Waals surface area contributed by atoms with Gasteiger partial charge in [0.1, 0.15) is 0 Å². The number of nitrogens with one attached hydrogen (secondary N) is 1. The van der Waals surface area contributed by atoms with E-state index in [2.05, 4.69) is 74.6 Å². The molecule has 2 aromatic carbocycles. The van der Waals surface area contributed by atoms with E-state index in [-0.39, 0.29) is 0 Å². The standard InChI is InChI=1S/C17H21N/c1-4-15-7-9-16(10-8-15)14(3)18-17-11-5-13(2)6-12-17/h5-12,14,18H,4H2,1-3H3. The maximum Gasteiger partial charge on any atom is 0.0485 e. The fourth-order valence-electron chi connectivity index (χ4n) is 2.03. The van der Waals surface area contributed by atoms with E-state index < -0.39 is 0 Å². The fraction of sp³-hybridized carbons (Fsp3) is 0.294. The molecule has 0 heterocycles. The number of aryl methyl sites for hydroxylation is 2. The Morgan fingerprint density at radius 1 is 0.944 bits per heavy atom. The van der Waals surface area contributed by atoms with Crippen LogP contribution in [0, 0.1) is 6.92 Å². The van der Waals surface area contributed by atoms with Crippen molar-refractivity contribution in [1.82, 2.24) is 0 Å². The van der Waals surface area contributed by atoms with E-state index in [4.69, 9.17) is 0 Å². The summed E-state index contributed by atoms with van der Waals surface area (Å²) in [5, 5.41) is 3.52. The van der Waals surface area contributed by atoms with Crippen molar-refractivity contribution < 1.29 is 0 Å². The molecule has 0 aliphatic rings. The first-order valence-electron chi connectivity index (χ1n) is 6.61. The van der Waals surface area contributed by atoms with Gasteiger partial charge in [-0.3, -0.25) is 0 Å². The minimum atomic E-state index is 0.332. The lowest BCUT2D eigenvalue weighted by atomic mass is 10.0. The van der Waals surface area contributed by atoms with E-state index >= 15 is 0 Å². The lowest BCUT2D eigenvalue weighted by molar-refractivity contribution is 0.882. The second-order valence-electron chi connectivity index (χ2n) is 4.83. The molecule has 0 bridgehead atoms. The maximum atomic E-state index is 3.52. The van der Waals surface area contributed by atoms with Crippen LogP contribution < -0.4 is 5.32 Å². The summed E-state index contributed by atoms with van der Waals surface area (Å²) in [4.78, 5) is 0. The fourth-order valence-corrected chi connectivity index (χ4v) is 2.03. The molecule has 1 unspecified atom stereocenters. The minimum Gasteiger partial charge on any atom is -0.379 e. The van der Waals surface area contributed by atoms with Crippen LogP contribution in [-0.2, 0) is 6.42 Å². The monoisotopic (exact) mass is 239 g/mol. The molecule has 1 N–H and O–H groups in total. The molecule has 0 aliphatic heterocycles. The summed E-state index contributed by atoms with van der Waals surface area (Å²) >= 11 is 0. The van der Waals surface area contributed by atoms with E-state index in [1.54, 1.807) is 0 Å². The van der Waals surface area contributed by atoms with Gasteiger partial charge in [-0.25, -0.2) is 0 Å². The lowest BCUT2D eigenvalue weighted by Crippen LogP contribution is -2.06. The van der Waals surface area contributed by atoms with Crippen LogP contribution in [0.25, 0.3) is 0 Å². The van der Waals surface area contributed by atoms with Gasteiger partial charge in [0.25, 0.3) is 0 Å². The summed E-state index contributed by atoms with van der Waals surface area (Å²) in [5.41, 5.74) is 5.18. The van der Waals surface area contributed by atoms with E-state index in [9.17, 15) is 0 Å². The Hall–Kier alpha value is -1.76. The van der Waals surface area contributed by atoms with Crippen LogP contribution in [0.1, 0.15) is 36.6 Å². The highest BCUT2D eigenvalue weighted by Gasteiger charge is 2.04. The van der Waals surface area contributed by atoms with Gasteiger partial charge in [0, 0.05) is 11.7 Å². The third-order valence-corrected chi connectivity index (χ3v) is 3.32. The molecule has 0 aromatic heterocycles. The maximum absolute atomic E-state index is 3.52. The van der Waals surface area contributed by atoms with Gasteiger partial charge in [-0.2, -0.15) is 0 Å². The second kappa shape index (κ2) is 5.72. The van der Waals surface area contributed by atoms with Gasteiger partial charge in [-0.15, -0.1) is 0 Å². The van der Waals surface area contributed by atoms with Gasteiger partial charge in [-0.05, 0) is 43.5 Å². The van der Waals surface area contributed by atoms with E-state index in [0.717, 1.165) is 6.42 Å². The molecule has 0 radical (unpaired) electrons. The van der Waals surface area contributed by atoms with Crippen LogP contribution in [0.5, 0.6) is 0 Å². The first kappa shape index (κ1) is 12.7. The van der Waals surface area contributed by atoms with Gasteiger partial charge in [-0.1, -0.05) is 48.9 Å². The number of hydrogen-bond donors (Lipinski definition) is 1. The number of benzene rings is 2. The van der Waals surface area contributed by atoms with Gasteiger partial charge in [0.15, 0.2) is 0 Å².